The number of fused-ring (bicyclic) bond motifs is 1. The molecule has 0 spiro atoms. The van der Waals surface area contributed by atoms with E-state index >= 15 is 0 Å². The van der Waals surface area contributed by atoms with Crippen LogP contribution in [0.2, 0.25) is 0 Å². The van der Waals surface area contributed by atoms with Gasteiger partial charge >= 0.3 is 5.97 Å². The zero-order valence-electron chi connectivity index (χ0n) is 7.79. The van der Waals surface area contributed by atoms with E-state index in [4.69, 9.17) is 5.11 Å². The van der Waals surface area contributed by atoms with Gasteiger partial charge in [0.05, 0.1) is 5.69 Å². The summed E-state index contributed by atoms with van der Waals surface area (Å²) < 4.78 is 0. The number of hydrogen-bond donors (Lipinski definition) is 2. The molecule has 2 N–H and O–H groups in total. The maximum atomic E-state index is 10.3. The normalized spacial score (nSPS) is 15.7. The Labute approximate surface area is 81.6 Å². The first kappa shape index (κ1) is 8.99. The van der Waals surface area contributed by atoms with Crippen LogP contribution >= 0.6 is 0 Å². The molecule has 0 radical (unpaired) electrons. The van der Waals surface area contributed by atoms with E-state index in [9.17, 15) is 4.79 Å². The van der Waals surface area contributed by atoms with Crippen molar-refractivity contribution in [3.63, 3.8) is 0 Å². The van der Waals surface area contributed by atoms with E-state index in [0.717, 1.165) is 24.6 Å². The molecule has 0 saturated heterocycles. The van der Waals surface area contributed by atoms with Gasteiger partial charge in [0, 0.05) is 17.3 Å². The Morgan fingerprint density at radius 1 is 1.43 bits per heavy atom. The average Bonchev–Trinajstić information content (AvgIpc) is 2.58. The number of carboxylic acid groups (broad SMARTS) is 1. The Hall–Kier alpha value is -1.58. The Morgan fingerprint density at radius 3 is 3.00 bits per heavy atom. The molecule has 4 heteroatoms. The molecule has 74 valence electrons. The lowest BCUT2D eigenvalue weighted by molar-refractivity contribution is -0.131. The Kier molecular flexibility index (Phi) is 2.35. The van der Waals surface area contributed by atoms with E-state index in [1.807, 2.05) is 0 Å². The second kappa shape index (κ2) is 3.65. The maximum absolute atomic E-state index is 10.3. The summed E-state index contributed by atoms with van der Waals surface area (Å²) in [5, 5.41) is 15.5. The minimum absolute atomic E-state index is 0.780. The topological polar surface area (TPSA) is 66.0 Å². The third-order valence-electron chi connectivity index (χ3n) is 2.47. The Balaban J connectivity index is 2.26. The van der Waals surface area contributed by atoms with Crippen molar-refractivity contribution in [2.45, 2.75) is 25.7 Å². The van der Waals surface area contributed by atoms with Crippen molar-refractivity contribution in [2.75, 3.05) is 0 Å². The fourth-order valence-electron chi connectivity index (χ4n) is 1.79. The molecule has 2 rings (SSSR count). The number of aliphatic carboxylic acids is 1. The minimum Gasteiger partial charge on any atom is -0.478 e. The van der Waals surface area contributed by atoms with Gasteiger partial charge in [-0.15, -0.1) is 0 Å². The molecule has 0 aliphatic heterocycles. The molecule has 0 unspecified atom stereocenters. The van der Waals surface area contributed by atoms with Crippen LogP contribution in [-0.2, 0) is 17.6 Å². The van der Waals surface area contributed by atoms with Crippen molar-refractivity contribution in [1.29, 1.82) is 0 Å². The molecule has 4 nitrogen and oxygen atoms in total. The van der Waals surface area contributed by atoms with Gasteiger partial charge in [-0.25, -0.2) is 4.79 Å². The summed E-state index contributed by atoms with van der Waals surface area (Å²) in [6, 6.07) is 0. The van der Waals surface area contributed by atoms with Crippen LogP contribution in [0.4, 0.5) is 0 Å². The number of carbonyl (C=O) groups is 1. The van der Waals surface area contributed by atoms with Gasteiger partial charge in [0.15, 0.2) is 0 Å². The van der Waals surface area contributed by atoms with Crippen LogP contribution < -0.4 is 0 Å². The number of aromatic amines is 1. The van der Waals surface area contributed by atoms with Crippen molar-refractivity contribution < 1.29 is 9.90 Å². The third kappa shape index (κ3) is 1.69. The maximum Gasteiger partial charge on any atom is 0.328 e. The smallest absolute Gasteiger partial charge is 0.328 e. The highest BCUT2D eigenvalue weighted by Crippen LogP contribution is 2.22. The molecular formula is C10H12N2O2. The van der Waals surface area contributed by atoms with Gasteiger partial charge in [0.1, 0.15) is 0 Å². The van der Waals surface area contributed by atoms with Crippen LogP contribution in [-0.4, -0.2) is 21.3 Å². The fourth-order valence-corrected chi connectivity index (χ4v) is 1.79. The summed E-state index contributed by atoms with van der Waals surface area (Å²) in [6.07, 6.45) is 7.08. The van der Waals surface area contributed by atoms with E-state index in [1.165, 1.54) is 24.1 Å². The van der Waals surface area contributed by atoms with Crippen molar-refractivity contribution in [1.82, 2.24) is 10.2 Å². The number of nitrogens with zero attached hydrogens (tertiary/aromatic N) is 1. The predicted octanol–water partition coefficient (Wildman–Crippen LogP) is 1.39. The lowest BCUT2D eigenvalue weighted by atomic mass is 9.96. The highest BCUT2D eigenvalue weighted by molar-refractivity contribution is 5.85. The lowest BCUT2D eigenvalue weighted by Crippen LogP contribution is -2.01. The molecular weight excluding hydrogens is 180 g/mol. The van der Waals surface area contributed by atoms with Gasteiger partial charge in [-0.3, -0.25) is 5.10 Å². The minimum atomic E-state index is -0.933. The van der Waals surface area contributed by atoms with Gasteiger partial charge in [-0.2, -0.15) is 5.10 Å². The lowest BCUT2D eigenvalue weighted by Gasteiger charge is -2.09. The molecule has 1 aromatic rings. The zero-order valence-corrected chi connectivity index (χ0v) is 7.79. The van der Waals surface area contributed by atoms with E-state index in [-0.39, 0.29) is 0 Å². The second-order valence-electron chi connectivity index (χ2n) is 3.44. The monoisotopic (exact) mass is 192 g/mol. The predicted molar refractivity (Wildman–Crippen MR) is 51.9 cm³/mol. The van der Waals surface area contributed by atoms with Crippen LogP contribution in [0.25, 0.3) is 6.08 Å². The first-order valence-electron chi connectivity index (χ1n) is 4.74. The summed E-state index contributed by atoms with van der Waals surface area (Å²) in [4.78, 5) is 10.3. The quantitative estimate of drug-likeness (QED) is 0.696. The van der Waals surface area contributed by atoms with E-state index in [2.05, 4.69) is 10.2 Å². The first-order chi connectivity index (χ1) is 6.77. The van der Waals surface area contributed by atoms with E-state index < -0.39 is 5.97 Å². The summed E-state index contributed by atoms with van der Waals surface area (Å²) in [5.41, 5.74) is 3.14. The van der Waals surface area contributed by atoms with Gasteiger partial charge in [-0.05, 0) is 31.8 Å². The van der Waals surface area contributed by atoms with Crippen molar-refractivity contribution in [2.24, 2.45) is 0 Å². The molecule has 1 heterocycles. The molecule has 0 amide bonds. The van der Waals surface area contributed by atoms with Crippen LogP contribution in [0.1, 0.15) is 29.8 Å². The molecule has 1 aromatic heterocycles. The van der Waals surface area contributed by atoms with Gasteiger partial charge in [-0.1, -0.05) is 0 Å². The Morgan fingerprint density at radius 2 is 2.21 bits per heavy atom. The molecule has 0 saturated carbocycles. The number of carboxylic acids is 1. The standard InChI is InChI=1S/C10H12N2O2/c13-10(14)6-5-9-7-3-1-2-4-8(7)11-12-9/h5-6H,1-4H2,(H,11,12)(H,13,14)/b6-5+. The third-order valence-corrected chi connectivity index (χ3v) is 2.47. The van der Waals surface area contributed by atoms with Crippen molar-refractivity contribution in [3.8, 4) is 0 Å². The largest absolute Gasteiger partial charge is 0.478 e. The Bertz CT molecular complexity index is 379. The summed E-state index contributed by atoms with van der Waals surface area (Å²) in [7, 11) is 0. The van der Waals surface area contributed by atoms with Gasteiger partial charge in [0.25, 0.3) is 0 Å². The van der Waals surface area contributed by atoms with Crippen LogP contribution in [0.15, 0.2) is 6.08 Å². The first-order valence-corrected chi connectivity index (χ1v) is 4.74. The van der Waals surface area contributed by atoms with E-state index in [0.29, 0.717) is 0 Å². The SMILES string of the molecule is O=C(O)/C=C/c1n[nH]c2c1CCCC2. The highest BCUT2D eigenvalue weighted by Gasteiger charge is 2.14. The van der Waals surface area contributed by atoms with Crippen molar-refractivity contribution in [3.05, 3.63) is 23.0 Å². The molecule has 1 aliphatic rings. The summed E-state index contributed by atoms with van der Waals surface area (Å²) in [6.45, 7) is 0. The van der Waals surface area contributed by atoms with Crippen LogP contribution in [0.5, 0.6) is 0 Å². The number of rotatable bonds is 2. The molecule has 0 atom stereocenters. The molecule has 1 aliphatic carbocycles. The number of nitrogens with one attached hydrogen (secondary N) is 1. The number of aryl methyl sites for hydroxylation is 1. The highest BCUT2D eigenvalue weighted by atomic mass is 16.4. The zero-order chi connectivity index (χ0) is 9.97. The van der Waals surface area contributed by atoms with Gasteiger partial charge < -0.3 is 5.11 Å². The van der Waals surface area contributed by atoms with E-state index in [1.54, 1.807) is 6.08 Å². The van der Waals surface area contributed by atoms with Crippen molar-refractivity contribution >= 4 is 12.0 Å². The molecule has 0 aromatic carbocycles. The summed E-state index contributed by atoms with van der Waals surface area (Å²) >= 11 is 0. The molecule has 14 heavy (non-hydrogen) atoms. The second-order valence-corrected chi connectivity index (χ2v) is 3.44. The van der Waals surface area contributed by atoms with Gasteiger partial charge in [0.2, 0.25) is 0 Å². The fraction of sp³-hybridized carbons (Fsp3) is 0.400. The molecule has 0 bridgehead atoms. The number of aromatic nitrogens is 2. The number of hydrogen-bond acceptors (Lipinski definition) is 2. The van der Waals surface area contributed by atoms with Crippen LogP contribution in [0, 0.1) is 0 Å². The van der Waals surface area contributed by atoms with Crippen LogP contribution in [0.3, 0.4) is 0 Å². The average molecular weight is 192 g/mol. The summed E-state index contributed by atoms with van der Waals surface area (Å²) in [5.74, 6) is -0.933. The number of H-pyrrole nitrogens is 1. The molecule has 0 fully saturated rings.